The average Bonchev–Trinajstić information content (AvgIpc) is 2.24. The molecule has 0 bridgehead atoms. The van der Waals surface area contributed by atoms with E-state index in [1.807, 2.05) is 0 Å². The SMILES string of the molecule is CC(C)(C)CC(O)COc1ccc(N(O)O)cc1. The fourth-order valence-electron chi connectivity index (χ4n) is 1.63. The number of hydrogen-bond donors (Lipinski definition) is 3. The van der Waals surface area contributed by atoms with E-state index in [9.17, 15) is 5.11 Å². The highest BCUT2D eigenvalue weighted by molar-refractivity contribution is 5.44. The molecule has 0 aromatic heterocycles. The number of nitrogens with zero attached hydrogens (tertiary/aromatic N) is 1. The first kappa shape index (κ1) is 14.8. The maximum atomic E-state index is 9.78. The zero-order valence-electron chi connectivity index (χ0n) is 11.0. The molecule has 0 spiro atoms. The van der Waals surface area contributed by atoms with Crippen molar-refractivity contribution in [1.82, 2.24) is 0 Å². The van der Waals surface area contributed by atoms with Crippen molar-refractivity contribution in [3.63, 3.8) is 0 Å². The Labute approximate surface area is 107 Å². The summed E-state index contributed by atoms with van der Waals surface area (Å²) in [5.41, 5.74) is 0.304. The predicted octanol–water partition coefficient (Wildman–Crippen LogP) is 2.45. The van der Waals surface area contributed by atoms with Crippen molar-refractivity contribution in [2.75, 3.05) is 11.8 Å². The molecule has 1 atom stereocenters. The molecule has 0 aliphatic rings. The molecule has 5 heteroatoms. The van der Waals surface area contributed by atoms with E-state index < -0.39 is 6.10 Å². The molecule has 0 heterocycles. The largest absolute Gasteiger partial charge is 0.491 e. The zero-order chi connectivity index (χ0) is 13.8. The molecular weight excluding hydrogens is 234 g/mol. The Morgan fingerprint density at radius 1 is 1.17 bits per heavy atom. The third-order valence-corrected chi connectivity index (χ3v) is 2.36. The monoisotopic (exact) mass is 255 g/mol. The minimum atomic E-state index is -0.517. The smallest absolute Gasteiger partial charge is 0.119 e. The van der Waals surface area contributed by atoms with Crippen LogP contribution in [0.1, 0.15) is 27.2 Å². The lowest BCUT2D eigenvalue weighted by Gasteiger charge is -2.22. The number of hydrogen-bond acceptors (Lipinski definition) is 5. The van der Waals surface area contributed by atoms with Gasteiger partial charge in [-0.2, -0.15) is 0 Å². The summed E-state index contributed by atoms with van der Waals surface area (Å²) in [5, 5.41) is 27.4. The van der Waals surface area contributed by atoms with Crippen LogP contribution in [0.2, 0.25) is 0 Å². The fourth-order valence-corrected chi connectivity index (χ4v) is 1.63. The molecule has 3 N–H and O–H groups in total. The van der Waals surface area contributed by atoms with E-state index in [0.717, 1.165) is 0 Å². The molecule has 0 amide bonds. The van der Waals surface area contributed by atoms with E-state index in [0.29, 0.717) is 12.2 Å². The lowest BCUT2D eigenvalue weighted by Crippen LogP contribution is -2.23. The van der Waals surface area contributed by atoms with Crippen molar-refractivity contribution in [1.29, 1.82) is 0 Å². The normalized spacial score (nSPS) is 13.2. The highest BCUT2D eigenvalue weighted by Crippen LogP contribution is 2.22. The van der Waals surface area contributed by atoms with Crippen LogP contribution in [-0.4, -0.2) is 28.2 Å². The zero-order valence-corrected chi connectivity index (χ0v) is 11.0. The van der Waals surface area contributed by atoms with Gasteiger partial charge in [0, 0.05) is 0 Å². The molecule has 5 nitrogen and oxygen atoms in total. The summed E-state index contributed by atoms with van der Waals surface area (Å²) in [6.07, 6.45) is 0.142. The van der Waals surface area contributed by atoms with Gasteiger partial charge < -0.3 is 9.84 Å². The molecule has 1 unspecified atom stereocenters. The summed E-state index contributed by atoms with van der Waals surface area (Å²) in [4.78, 5) is 0. The lowest BCUT2D eigenvalue weighted by atomic mass is 9.89. The minimum absolute atomic E-state index is 0.0399. The van der Waals surface area contributed by atoms with Gasteiger partial charge in [-0.1, -0.05) is 20.8 Å². The van der Waals surface area contributed by atoms with Crippen LogP contribution in [-0.2, 0) is 0 Å². The number of aliphatic hydroxyl groups excluding tert-OH is 1. The van der Waals surface area contributed by atoms with Crippen LogP contribution in [0.3, 0.4) is 0 Å². The van der Waals surface area contributed by atoms with Gasteiger partial charge in [0.15, 0.2) is 0 Å². The Kier molecular flexibility index (Phi) is 4.95. The van der Waals surface area contributed by atoms with Crippen LogP contribution < -0.4 is 9.96 Å². The third kappa shape index (κ3) is 5.35. The standard InChI is InChI=1S/C13H21NO4/c1-13(2,3)8-11(15)9-18-12-6-4-10(5-7-12)14(16)17/h4-7,11,15-17H,8-9H2,1-3H3. The quantitative estimate of drug-likeness (QED) is 0.705. The summed E-state index contributed by atoms with van der Waals surface area (Å²) in [5.74, 6) is 0.577. The van der Waals surface area contributed by atoms with Gasteiger partial charge in [-0.25, -0.2) is 0 Å². The van der Waals surface area contributed by atoms with Crippen molar-refractivity contribution in [3.05, 3.63) is 24.3 Å². The molecule has 0 saturated carbocycles. The van der Waals surface area contributed by atoms with Crippen LogP contribution in [0.15, 0.2) is 24.3 Å². The molecule has 1 aromatic carbocycles. The first-order valence-electron chi connectivity index (χ1n) is 5.87. The molecule has 0 aliphatic carbocycles. The van der Waals surface area contributed by atoms with E-state index >= 15 is 0 Å². The van der Waals surface area contributed by atoms with Crippen LogP contribution in [0, 0.1) is 5.41 Å². The van der Waals surface area contributed by atoms with Crippen LogP contribution >= 0.6 is 0 Å². The van der Waals surface area contributed by atoms with Crippen molar-refractivity contribution in [2.24, 2.45) is 5.41 Å². The number of aliphatic hydroxyl groups is 1. The van der Waals surface area contributed by atoms with E-state index in [4.69, 9.17) is 15.2 Å². The number of ether oxygens (including phenoxy) is 1. The van der Waals surface area contributed by atoms with E-state index in [1.54, 1.807) is 12.1 Å². The van der Waals surface area contributed by atoms with E-state index in [2.05, 4.69) is 20.8 Å². The van der Waals surface area contributed by atoms with Crippen molar-refractivity contribution in [2.45, 2.75) is 33.3 Å². The fraction of sp³-hybridized carbons (Fsp3) is 0.538. The highest BCUT2D eigenvalue weighted by atomic mass is 16.8. The average molecular weight is 255 g/mol. The van der Waals surface area contributed by atoms with Crippen LogP contribution in [0.4, 0.5) is 5.69 Å². The molecule has 0 saturated heterocycles. The van der Waals surface area contributed by atoms with Gasteiger partial charge >= 0.3 is 0 Å². The number of anilines is 1. The topological polar surface area (TPSA) is 73.2 Å². The molecule has 1 rings (SSSR count). The maximum absolute atomic E-state index is 9.78. The second-order valence-electron chi connectivity index (χ2n) is 5.51. The molecule has 1 aromatic rings. The van der Waals surface area contributed by atoms with Crippen molar-refractivity contribution in [3.8, 4) is 5.75 Å². The molecular formula is C13H21NO4. The van der Waals surface area contributed by atoms with Gasteiger partial charge in [0.1, 0.15) is 12.4 Å². The van der Waals surface area contributed by atoms with Gasteiger partial charge in [-0.15, -0.1) is 5.23 Å². The molecule has 0 radical (unpaired) electrons. The molecule has 18 heavy (non-hydrogen) atoms. The summed E-state index contributed by atoms with van der Waals surface area (Å²) >= 11 is 0. The molecule has 102 valence electrons. The van der Waals surface area contributed by atoms with Gasteiger partial charge in [0.2, 0.25) is 0 Å². The maximum Gasteiger partial charge on any atom is 0.119 e. The highest BCUT2D eigenvalue weighted by Gasteiger charge is 2.17. The summed E-state index contributed by atoms with van der Waals surface area (Å²) < 4.78 is 5.42. The van der Waals surface area contributed by atoms with Gasteiger partial charge in [0.25, 0.3) is 0 Å². The van der Waals surface area contributed by atoms with Gasteiger partial charge in [-0.3, -0.25) is 10.4 Å². The van der Waals surface area contributed by atoms with Gasteiger partial charge in [-0.05, 0) is 36.1 Å². The van der Waals surface area contributed by atoms with Gasteiger partial charge in [0.05, 0.1) is 11.8 Å². The molecule has 0 aliphatic heterocycles. The third-order valence-electron chi connectivity index (χ3n) is 2.36. The molecule has 0 fully saturated rings. The summed E-state index contributed by atoms with van der Waals surface area (Å²) in [6.45, 7) is 6.39. The Bertz CT molecular complexity index is 356. The first-order valence-corrected chi connectivity index (χ1v) is 5.87. The second-order valence-corrected chi connectivity index (χ2v) is 5.51. The van der Waals surface area contributed by atoms with Crippen LogP contribution in [0.5, 0.6) is 5.75 Å². The van der Waals surface area contributed by atoms with Crippen LogP contribution in [0.25, 0.3) is 0 Å². The Morgan fingerprint density at radius 2 is 1.72 bits per heavy atom. The van der Waals surface area contributed by atoms with Crippen molar-refractivity contribution < 1.29 is 20.3 Å². The summed E-state index contributed by atoms with van der Waals surface area (Å²) in [7, 11) is 0. The Balaban J connectivity index is 2.44. The van der Waals surface area contributed by atoms with Crippen molar-refractivity contribution >= 4 is 5.69 Å². The predicted molar refractivity (Wildman–Crippen MR) is 68.1 cm³/mol. The first-order chi connectivity index (χ1) is 8.28. The Hall–Kier alpha value is -1.30. The number of rotatable bonds is 5. The second kappa shape index (κ2) is 6.04. The summed E-state index contributed by atoms with van der Waals surface area (Å²) in [6, 6.07) is 6.23. The van der Waals surface area contributed by atoms with E-state index in [-0.39, 0.29) is 22.9 Å². The number of benzene rings is 1. The minimum Gasteiger partial charge on any atom is -0.491 e. The lowest BCUT2D eigenvalue weighted by molar-refractivity contribution is 0.0290. The Morgan fingerprint density at radius 3 is 2.17 bits per heavy atom. The van der Waals surface area contributed by atoms with E-state index in [1.165, 1.54) is 12.1 Å².